The third kappa shape index (κ3) is 3.85. The lowest BCUT2D eigenvalue weighted by atomic mass is 10.1. The van der Waals surface area contributed by atoms with E-state index in [1.165, 1.54) is 24.3 Å². The van der Waals surface area contributed by atoms with Gasteiger partial charge in [-0.3, -0.25) is 14.9 Å². The summed E-state index contributed by atoms with van der Waals surface area (Å²) in [5.41, 5.74) is 0.0849. The summed E-state index contributed by atoms with van der Waals surface area (Å²) in [7, 11) is 0. The predicted molar refractivity (Wildman–Crippen MR) is 106 cm³/mol. The van der Waals surface area contributed by atoms with Crippen molar-refractivity contribution in [1.29, 1.82) is 0 Å². The summed E-state index contributed by atoms with van der Waals surface area (Å²) in [5.74, 6) is -1.78. The maximum Gasteiger partial charge on any atom is 0.336 e. The summed E-state index contributed by atoms with van der Waals surface area (Å²) >= 11 is 2.08. The summed E-state index contributed by atoms with van der Waals surface area (Å²) in [5, 5.41) is 2.07. The van der Waals surface area contributed by atoms with E-state index in [0.717, 1.165) is 9.64 Å². The van der Waals surface area contributed by atoms with E-state index in [1.807, 2.05) is 6.92 Å². The maximum absolute atomic E-state index is 14.0. The van der Waals surface area contributed by atoms with Crippen molar-refractivity contribution in [2.45, 2.75) is 6.92 Å². The number of para-hydroxylation sites is 1. The van der Waals surface area contributed by atoms with Crippen molar-refractivity contribution in [3.63, 3.8) is 0 Å². The van der Waals surface area contributed by atoms with Gasteiger partial charge >= 0.3 is 6.03 Å². The third-order valence-corrected chi connectivity index (χ3v) is 4.60. The van der Waals surface area contributed by atoms with Gasteiger partial charge in [0.2, 0.25) is 0 Å². The second-order valence-corrected chi connectivity index (χ2v) is 6.69. The number of urea groups is 1. The number of hydrogen-bond donors (Lipinski definition) is 1. The van der Waals surface area contributed by atoms with Crippen LogP contribution in [0.2, 0.25) is 0 Å². The summed E-state index contributed by atoms with van der Waals surface area (Å²) in [6.07, 6.45) is 1.36. The summed E-state index contributed by atoms with van der Waals surface area (Å²) < 4.78 is 20.3. The van der Waals surface area contributed by atoms with Gasteiger partial charge in [0.25, 0.3) is 11.8 Å². The molecule has 1 aliphatic rings. The molecule has 0 unspecified atom stereocenters. The van der Waals surface area contributed by atoms with Crippen LogP contribution in [0.1, 0.15) is 12.5 Å². The molecule has 0 bridgehead atoms. The normalized spacial score (nSPS) is 15.9. The first kappa shape index (κ1) is 19.0. The summed E-state index contributed by atoms with van der Waals surface area (Å²) in [4.78, 5) is 37.6. The predicted octanol–water partition coefficient (Wildman–Crippen LogP) is 3.50. The van der Waals surface area contributed by atoms with Crippen molar-refractivity contribution in [2.75, 3.05) is 11.5 Å². The largest absolute Gasteiger partial charge is 0.493 e. The van der Waals surface area contributed by atoms with Gasteiger partial charge < -0.3 is 4.74 Å². The Morgan fingerprint density at radius 1 is 1.19 bits per heavy atom. The van der Waals surface area contributed by atoms with Crippen LogP contribution in [0, 0.1) is 9.39 Å². The first-order valence-electron chi connectivity index (χ1n) is 8.00. The second-order valence-electron chi connectivity index (χ2n) is 5.53. The van der Waals surface area contributed by atoms with Gasteiger partial charge in [0.1, 0.15) is 17.1 Å². The van der Waals surface area contributed by atoms with Crippen LogP contribution in [0.4, 0.5) is 14.9 Å². The van der Waals surface area contributed by atoms with E-state index in [4.69, 9.17) is 4.74 Å². The van der Waals surface area contributed by atoms with Crippen LogP contribution in [0.15, 0.2) is 48.0 Å². The Morgan fingerprint density at radius 3 is 2.59 bits per heavy atom. The highest BCUT2D eigenvalue weighted by Gasteiger charge is 2.37. The molecule has 3 rings (SSSR count). The molecule has 0 saturated carbocycles. The Kier molecular flexibility index (Phi) is 5.54. The zero-order valence-electron chi connectivity index (χ0n) is 14.2. The minimum absolute atomic E-state index is 0.223. The van der Waals surface area contributed by atoms with E-state index >= 15 is 0 Å². The Bertz CT molecular complexity index is 974. The van der Waals surface area contributed by atoms with Crippen LogP contribution >= 0.6 is 22.6 Å². The smallest absolute Gasteiger partial charge is 0.336 e. The van der Waals surface area contributed by atoms with Crippen LogP contribution in [0.25, 0.3) is 6.08 Å². The average Bonchev–Trinajstić information content (AvgIpc) is 2.62. The third-order valence-electron chi connectivity index (χ3n) is 3.76. The van der Waals surface area contributed by atoms with Gasteiger partial charge in [-0.1, -0.05) is 18.2 Å². The van der Waals surface area contributed by atoms with E-state index in [-0.39, 0.29) is 11.3 Å². The van der Waals surface area contributed by atoms with Crippen molar-refractivity contribution in [2.24, 2.45) is 0 Å². The fourth-order valence-corrected chi connectivity index (χ4v) is 3.25. The van der Waals surface area contributed by atoms with Crippen LogP contribution in [-0.4, -0.2) is 24.5 Å². The lowest BCUT2D eigenvalue weighted by Gasteiger charge is -2.26. The average molecular weight is 480 g/mol. The molecule has 2 aromatic rings. The molecular weight excluding hydrogens is 466 g/mol. The molecule has 8 heteroatoms. The first-order valence-corrected chi connectivity index (χ1v) is 9.08. The van der Waals surface area contributed by atoms with E-state index in [2.05, 4.69) is 27.9 Å². The SMILES string of the molecule is CCOc1ccc(/C=C2\C(=O)NC(=O)N(c3ccccc3F)C2=O)cc1I. The van der Waals surface area contributed by atoms with E-state index < -0.39 is 23.7 Å². The molecule has 1 N–H and O–H groups in total. The monoisotopic (exact) mass is 480 g/mol. The molecule has 1 heterocycles. The van der Waals surface area contributed by atoms with Gasteiger partial charge in [-0.05, 0) is 65.4 Å². The van der Waals surface area contributed by atoms with Crippen molar-refractivity contribution in [3.05, 3.63) is 63.0 Å². The van der Waals surface area contributed by atoms with Gasteiger partial charge in [-0.25, -0.2) is 14.1 Å². The quantitative estimate of drug-likeness (QED) is 0.413. The Hall–Kier alpha value is -2.75. The van der Waals surface area contributed by atoms with Crippen molar-refractivity contribution >= 4 is 52.2 Å². The number of imide groups is 2. The number of barbiturate groups is 1. The van der Waals surface area contributed by atoms with Gasteiger partial charge in [-0.2, -0.15) is 0 Å². The van der Waals surface area contributed by atoms with Crippen molar-refractivity contribution < 1.29 is 23.5 Å². The minimum Gasteiger partial charge on any atom is -0.493 e. The van der Waals surface area contributed by atoms with Crippen molar-refractivity contribution in [3.8, 4) is 5.75 Å². The van der Waals surface area contributed by atoms with Gasteiger partial charge in [0, 0.05) is 0 Å². The molecule has 0 radical (unpaired) electrons. The molecule has 27 heavy (non-hydrogen) atoms. The number of rotatable bonds is 4. The Morgan fingerprint density at radius 2 is 1.93 bits per heavy atom. The van der Waals surface area contributed by atoms with E-state index in [1.54, 1.807) is 18.2 Å². The minimum atomic E-state index is -0.992. The number of ether oxygens (including phenoxy) is 1. The number of hydrogen-bond acceptors (Lipinski definition) is 4. The van der Waals surface area contributed by atoms with Crippen LogP contribution in [-0.2, 0) is 9.59 Å². The lowest BCUT2D eigenvalue weighted by molar-refractivity contribution is -0.122. The van der Waals surface area contributed by atoms with Gasteiger partial charge in [0.05, 0.1) is 15.9 Å². The second kappa shape index (κ2) is 7.87. The van der Waals surface area contributed by atoms with Gasteiger partial charge in [0.15, 0.2) is 0 Å². The number of carbonyl (C=O) groups is 3. The molecule has 4 amide bonds. The summed E-state index contributed by atoms with van der Waals surface area (Å²) in [6.45, 7) is 2.38. The highest BCUT2D eigenvalue weighted by atomic mass is 127. The fourth-order valence-electron chi connectivity index (χ4n) is 2.56. The Labute approximate surface area is 168 Å². The molecule has 1 fully saturated rings. The van der Waals surface area contributed by atoms with Crippen LogP contribution < -0.4 is 15.0 Å². The van der Waals surface area contributed by atoms with Crippen molar-refractivity contribution in [1.82, 2.24) is 5.32 Å². The molecule has 1 aliphatic heterocycles. The topological polar surface area (TPSA) is 75.7 Å². The molecule has 1 saturated heterocycles. The number of benzene rings is 2. The van der Waals surface area contributed by atoms with Gasteiger partial charge in [-0.15, -0.1) is 0 Å². The molecule has 0 aromatic heterocycles. The molecule has 2 aromatic carbocycles. The molecule has 0 spiro atoms. The lowest BCUT2D eigenvalue weighted by Crippen LogP contribution is -2.54. The highest BCUT2D eigenvalue weighted by molar-refractivity contribution is 14.1. The highest BCUT2D eigenvalue weighted by Crippen LogP contribution is 2.26. The first-order chi connectivity index (χ1) is 12.9. The van der Waals surface area contributed by atoms with Crippen LogP contribution in [0.5, 0.6) is 5.75 Å². The van der Waals surface area contributed by atoms with Crippen LogP contribution in [0.3, 0.4) is 0 Å². The zero-order chi connectivity index (χ0) is 19.6. The van der Waals surface area contributed by atoms with E-state index in [0.29, 0.717) is 22.8 Å². The Balaban J connectivity index is 2.00. The maximum atomic E-state index is 14.0. The zero-order valence-corrected chi connectivity index (χ0v) is 16.3. The number of anilines is 1. The molecule has 6 nitrogen and oxygen atoms in total. The molecule has 0 aliphatic carbocycles. The fraction of sp³-hybridized carbons (Fsp3) is 0.105. The molecule has 0 atom stereocenters. The number of nitrogens with one attached hydrogen (secondary N) is 1. The number of nitrogens with zero attached hydrogens (tertiary/aromatic N) is 1. The summed E-state index contributed by atoms with van der Waals surface area (Å²) in [6, 6.07) is 9.51. The number of amides is 4. The molecule has 138 valence electrons. The molecular formula is C19H14FIN2O4. The van der Waals surface area contributed by atoms with E-state index in [9.17, 15) is 18.8 Å². The number of halogens is 2. The number of carbonyl (C=O) groups excluding carboxylic acids is 3. The standard InChI is InChI=1S/C19H14FIN2O4/c1-2-27-16-8-7-11(10-14(16)21)9-12-17(24)22-19(26)23(18(12)25)15-6-4-3-5-13(15)20/h3-10H,2H2,1H3,(H,22,24,26)/b12-9+.